The lowest BCUT2D eigenvalue weighted by atomic mass is 9.88. The molecule has 0 aliphatic heterocycles. The number of carboxylic acids is 1. The minimum absolute atomic E-state index is 0.239. The molecule has 10 nitrogen and oxygen atoms in total. The Labute approximate surface area is 245 Å². The van der Waals surface area contributed by atoms with Crippen molar-refractivity contribution >= 4 is 28.6 Å². The van der Waals surface area contributed by atoms with E-state index in [4.69, 9.17) is 25.1 Å². The Morgan fingerprint density at radius 1 is 1.09 bits per heavy atom. The van der Waals surface area contributed by atoms with Crippen LogP contribution in [0.15, 0.2) is 72.6 Å². The highest BCUT2D eigenvalue weighted by atomic mass is 19.4. The van der Waals surface area contributed by atoms with E-state index in [1.807, 2.05) is 0 Å². The first kappa shape index (κ1) is 31.2. The van der Waals surface area contributed by atoms with Gasteiger partial charge in [-0.25, -0.2) is 4.79 Å². The van der Waals surface area contributed by atoms with Crippen LogP contribution in [-0.2, 0) is 4.79 Å². The van der Waals surface area contributed by atoms with Crippen LogP contribution in [-0.4, -0.2) is 48.0 Å². The van der Waals surface area contributed by atoms with Crippen molar-refractivity contribution < 1.29 is 42.1 Å². The predicted octanol–water partition coefficient (Wildman–Crippen LogP) is 6.00. The number of hydrogen-bond acceptors (Lipinski definition) is 7. The van der Waals surface area contributed by atoms with Gasteiger partial charge in [-0.3, -0.25) is 9.78 Å². The summed E-state index contributed by atoms with van der Waals surface area (Å²) in [6.45, 7) is 1.68. The van der Waals surface area contributed by atoms with Crippen molar-refractivity contribution in [3.63, 3.8) is 0 Å². The number of halogens is 3. The number of alkyl halides is 3. The summed E-state index contributed by atoms with van der Waals surface area (Å²) in [5.41, 5.74) is 6.83. The van der Waals surface area contributed by atoms with Crippen molar-refractivity contribution in [1.82, 2.24) is 10.3 Å². The van der Waals surface area contributed by atoms with Crippen LogP contribution in [0.25, 0.3) is 10.9 Å². The monoisotopic (exact) mass is 600 g/mol. The molecule has 1 aliphatic carbocycles. The molecule has 2 aromatic carbocycles. The van der Waals surface area contributed by atoms with Crippen LogP contribution in [0.1, 0.15) is 19.8 Å². The van der Waals surface area contributed by atoms with Crippen LogP contribution >= 0.6 is 0 Å². The summed E-state index contributed by atoms with van der Waals surface area (Å²) in [6.07, 6.45) is 1.59. The van der Waals surface area contributed by atoms with Gasteiger partial charge in [0.25, 0.3) is 0 Å². The predicted molar refractivity (Wildman–Crippen MR) is 153 cm³/mol. The molecule has 3 atom stereocenters. The fourth-order valence-corrected chi connectivity index (χ4v) is 4.44. The standard InChI is InChI=1S/C30H31F3N4O6/c1-17-14-19(7-10-22(17)30(31,32)33)37-29(40)36-18-5-8-20(9-6-18)43-25-11-12-35-24-16-27(26(41-2)15-21(24)25)42-13-3-4-23(34)28(38)39/h5-12,14-17,22-23H,3-4,13,34H2,1-2H3,(H,38,39)(H2,36,37,40)/t17?,22?,23-/m0/s1. The Bertz CT molecular complexity index is 1520. The number of nitrogens with zero attached hydrogens (tertiary/aromatic N) is 1. The lowest BCUT2D eigenvalue weighted by Crippen LogP contribution is -2.32. The molecule has 1 heterocycles. The van der Waals surface area contributed by atoms with Gasteiger partial charge in [0.2, 0.25) is 0 Å². The number of carbonyl (C=O) groups excluding carboxylic acids is 1. The van der Waals surface area contributed by atoms with Gasteiger partial charge in [-0.15, -0.1) is 0 Å². The molecule has 0 radical (unpaired) electrons. The Balaban J connectivity index is 1.38. The molecule has 4 rings (SSSR count). The molecule has 0 spiro atoms. The number of aromatic nitrogens is 1. The molecule has 0 saturated carbocycles. The smallest absolute Gasteiger partial charge is 0.395 e. The fraction of sp³-hybridized carbons (Fsp3) is 0.300. The number of benzene rings is 2. The third-order valence-corrected chi connectivity index (χ3v) is 6.69. The maximum Gasteiger partial charge on any atom is 0.395 e. The Morgan fingerprint density at radius 3 is 2.49 bits per heavy atom. The highest BCUT2D eigenvalue weighted by Crippen LogP contribution is 2.38. The molecular formula is C30H31F3N4O6. The van der Waals surface area contributed by atoms with E-state index in [0.717, 1.165) is 6.08 Å². The minimum Gasteiger partial charge on any atom is -0.493 e. The maximum absolute atomic E-state index is 13.0. The van der Waals surface area contributed by atoms with Crippen LogP contribution in [0.2, 0.25) is 0 Å². The normalized spacial score (nSPS) is 17.1. The first-order chi connectivity index (χ1) is 20.4. The third kappa shape index (κ3) is 8.16. The first-order valence-corrected chi connectivity index (χ1v) is 13.3. The average Bonchev–Trinajstić information content (AvgIpc) is 2.95. The molecule has 2 unspecified atom stereocenters. The molecule has 43 heavy (non-hydrogen) atoms. The number of rotatable bonds is 11. The average molecular weight is 601 g/mol. The van der Waals surface area contributed by atoms with E-state index in [9.17, 15) is 22.8 Å². The number of anilines is 1. The number of carbonyl (C=O) groups is 2. The summed E-state index contributed by atoms with van der Waals surface area (Å²) >= 11 is 0. The zero-order chi connectivity index (χ0) is 31.1. The van der Waals surface area contributed by atoms with Gasteiger partial charge in [-0.05, 0) is 61.2 Å². The van der Waals surface area contributed by atoms with E-state index >= 15 is 0 Å². The van der Waals surface area contributed by atoms with Crippen LogP contribution in [0, 0.1) is 11.8 Å². The number of carboxylic acid groups (broad SMARTS) is 1. The highest BCUT2D eigenvalue weighted by Gasteiger charge is 2.41. The number of fused-ring (bicyclic) bond motifs is 1. The minimum atomic E-state index is -4.35. The second-order valence-corrected chi connectivity index (χ2v) is 9.88. The van der Waals surface area contributed by atoms with Gasteiger partial charge < -0.3 is 35.7 Å². The first-order valence-electron chi connectivity index (χ1n) is 13.3. The van der Waals surface area contributed by atoms with Crippen LogP contribution in [0.3, 0.4) is 0 Å². The van der Waals surface area contributed by atoms with Gasteiger partial charge in [-0.2, -0.15) is 13.2 Å². The fourth-order valence-electron chi connectivity index (χ4n) is 4.44. The number of hydrogen-bond donors (Lipinski definition) is 4. The quantitative estimate of drug-likeness (QED) is 0.196. The number of nitrogens with one attached hydrogen (secondary N) is 2. The molecule has 1 aromatic heterocycles. The van der Waals surface area contributed by atoms with Gasteiger partial charge in [0.1, 0.15) is 17.5 Å². The summed E-state index contributed by atoms with van der Waals surface area (Å²) in [5, 5.41) is 14.8. The molecule has 228 valence electrons. The second-order valence-electron chi connectivity index (χ2n) is 9.88. The third-order valence-electron chi connectivity index (χ3n) is 6.69. The van der Waals surface area contributed by atoms with Crippen molar-refractivity contribution in [2.24, 2.45) is 17.6 Å². The van der Waals surface area contributed by atoms with E-state index in [0.29, 0.717) is 46.0 Å². The Hall–Kier alpha value is -4.78. The molecule has 5 N–H and O–H groups in total. The number of allylic oxidation sites excluding steroid dienone is 3. The lowest BCUT2D eigenvalue weighted by molar-refractivity contribution is -0.169. The number of amides is 2. The van der Waals surface area contributed by atoms with Crippen LogP contribution < -0.4 is 30.6 Å². The van der Waals surface area contributed by atoms with E-state index in [2.05, 4.69) is 15.6 Å². The summed E-state index contributed by atoms with van der Waals surface area (Å²) in [5.74, 6) is -1.64. The molecule has 3 aromatic rings. The number of urea groups is 1. The SMILES string of the molecule is COc1cc2c(Oc3ccc(NC(=O)NC4=CC(C)C(C(F)(F)F)C=C4)cc3)ccnc2cc1OCCC[C@H](N)C(=O)O. The zero-order valence-corrected chi connectivity index (χ0v) is 23.4. The van der Waals surface area contributed by atoms with Crippen molar-refractivity contribution in [3.05, 3.63) is 72.6 Å². The van der Waals surface area contributed by atoms with Crippen molar-refractivity contribution in [2.75, 3.05) is 19.0 Å². The molecule has 1 aliphatic rings. The summed E-state index contributed by atoms with van der Waals surface area (Å²) in [4.78, 5) is 27.7. The van der Waals surface area contributed by atoms with E-state index in [-0.39, 0.29) is 18.7 Å². The zero-order valence-electron chi connectivity index (χ0n) is 23.4. The summed E-state index contributed by atoms with van der Waals surface area (Å²) in [7, 11) is 1.49. The number of pyridine rings is 1. The van der Waals surface area contributed by atoms with Gasteiger partial charge in [0.15, 0.2) is 11.5 Å². The van der Waals surface area contributed by atoms with E-state index in [1.54, 1.807) is 48.7 Å². The van der Waals surface area contributed by atoms with Gasteiger partial charge in [0, 0.05) is 29.0 Å². The molecule has 0 bridgehead atoms. The topological polar surface area (TPSA) is 145 Å². The number of aliphatic carboxylic acids is 1. The van der Waals surface area contributed by atoms with Crippen molar-refractivity contribution in [1.29, 1.82) is 0 Å². The lowest BCUT2D eigenvalue weighted by Gasteiger charge is -2.25. The van der Waals surface area contributed by atoms with E-state index < -0.39 is 36.1 Å². The molecular weight excluding hydrogens is 569 g/mol. The molecule has 13 heteroatoms. The van der Waals surface area contributed by atoms with Crippen LogP contribution in [0.5, 0.6) is 23.0 Å². The molecule has 2 amide bonds. The van der Waals surface area contributed by atoms with Crippen molar-refractivity contribution in [2.45, 2.75) is 32.0 Å². The molecule has 0 saturated heterocycles. The Morgan fingerprint density at radius 2 is 1.84 bits per heavy atom. The van der Waals surface area contributed by atoms with Gasteiger partial charge in [0.05, 0.1) is 25.2 Å². The summed E-state index contributed by atoms with van der Waals surface area (Å²) in [6, 6.07) is 10.1. The number of ether oxygens (including phenoxy) is 3. The number of nitrogens with two attached hydrogens (primary N) is 1. The highest BCUT2D eigenvalue weighted by molar-refractivity contribution is 5.91. The second kappa shape index (κ2) is 13.5. The Kier molecular flexibility index (Phi) is 9.76. The number of methoxy groups -OCH3 is 1. The largest absolute Gasteiger partial charge is 0.493 e. The van der Waals surface area contributed by atoms with Crippen LogP contribution in [0.4, 0.5) is 23.7 Å². The van der Waals surface area contributed by atoms with Crippen molar-refractivity contribution in [3.8, 4) is 23.0 Å². The maximum atomic E-state index is 13.0. The van der Waals surface area contributed by atoms with Gasteiger partial charge in [-0.1, -0.05) is 19.1 Å². The summed E-state index contributed by atoms with van der Waals surface area (Å²) < 4.78 is 56.4. The van der Waals surface area contributed by atoms with E-state index in [1.165, 1.54) is 26.2 Å². The van der Waals surface area contributed by atoms with Gasteiger partial charge >= 0.3 is 18.2 Å². The molecule has 0 fully saturated rings.